The Balaban J connectivity index is 1.74. The Morgan fingerprint density at radius 2 is 2.21 bits per heavy atom. The van der Waals surface area contributed by atoms with Crippen molar-refractivity contribution in [1.82, 2.24) is 15.1 Å². The van der Waals surface area contributed by atoms with Crippen LogP contribution in [0.5, 0.6) is 0 Å². The molecule has 2 aliphatic heterocycles. The van der Waals surface area contributed by atoms with Gasteiger partial charge in [0.1, 0.15) is 0 Å². The maximum absolute atomic E-state index is 9.41. The molecule has 2 saturated heterocycles. The number of β-amino-alcohol motifs (C(OH)–C–C–N with tert-alkyl or cyclic N) is 1. The molecule has 4 nitrogen and oxygen atoms in total. The topological polar surface area (TPSA) is 38.7 Å². The van der Waals surface area contributed by atoms with E-state index in [-0.39, 0.29) is 6.10 Å². The minimum atomic E-state index is -0.0867. The fraction of sp³-hybridized carbons (Fsp3) is 1.00. The SMILES string of the molecule is CN1CCNC(CN2CC[C@H](O)C2)C1. The van der Waals surface area contributed by atoms with Gasteiger partial charge in [-0.3, -0.25) is 4.90 Å². The van der Waals surface area contributed by atoms with E-state index in [0.717, 1.165) is 45.7 Å². The summed E-state index contributed by atoms with van der Waals surface area (Å²) in [6.07, 6.45) is 0.860. The summed E-state index contributed by atoms with van der Waals surface area (Å²) in [5.41, 5.74) is 0. The maximum Gasteiger partial charge on any atom is 0.0679 e. The highest BCUT2D eigenvalue weighted by molar-refractivity contribution is 4.83. The third-order valence-corrected chi connectivity index (χ3v) is 3.18. The Morgan fingerprint density at radius 1 is 1.36 bits per heavy atom. The predicted octanol–water partition coefficient (Wildman–Crippen LogP) is -1.04. The van der Waals surface area contributed by atoms with E-state index in [4.69, 9.17) is 0 Å². The smallest absolute Gasteiger partial charge is 0.0679 e. The molecule has 0 aliphatic carbocycles. The summed E-state index contributed by atoms with van der Waals surface area (Å²) in [5.74, 6) is 0. The fourth-order valence-corrected chi connectivity index (χ4v) is 2.40. The molecule has 82 valence electrons. The van der Waals surface area contributed by atoms with Gasteiger partial charge in [0, 0.05) is 45.3 Å². The number of hydrogen-bond donors (Lipinski definition) is 2. The molecule has 0 bridgehead atoms. The first kappa shape index (κ1) is 10.4. The van der Waals surface area contributed by atoms with Crippen LogP contribution in [0, 0.1) is 0 Å². The van der Waals surface area contributed by atoms with Crippen LogP contribution in [0.25, 0.3) is 0 Å². The summed E-state index contributed by atoms with van der Waals surface area (Å²) in [4.78, 5) is 4.73. The fourth-order valence-electron chi connectivity index (χ4n) is 2.40. The predicted molar refractivity (Wildman–Crippen MR) is 56.4 cm³/mol. The molecule has 0 saturated carbocycles. The highest BCUT2D eigenvalue weighted by Crippen LogP contribution is 2.09. The van der Waals surface area contributed by atoms with Crippen LogP contribution in [0.15, 0.2) is 0 Å². The minimum Gasteiger partial charge on any atom is -0.392 e. The van der Waals surface area contributed by atoms with Crippen molar-refractivity contribution in [2.45, 2.75) is 18.6 Å². The third kappa shape index (κ3) is 2.67. The van der Waals surface area contributed by atoms with Gasteiger partial charge in [-0.05, 0) is 13.5 Å². The summed E-state index contributed by atoms with van der Waals surface area (Å²) >= 11 is 0. The lowest BCUT2D eigenvalue weighted by Crippen LogP contribution is -2.53. The number of aliphatic hydroxyl groups excluding tert-OH is 1. The summed E-state index contributed by atoms with van der Waals surface area (Å²) in [7, 11) is 2.17. The first-order chi connectivity index (χ1) is 6.74. The number of nitrogens with one attached hydrogen (secondary N) is 1. The zero-order valence-corrected chi connectivity index (χ0v) is 8.95. The van der Waals surface area contributed by atoms with Gasteiger partial charge in [0.2, 0.25) is 0 Å². The largest absolute Gasteiger partial charge is 0.392 e. The van der Waals surface area contributed by atoms with Gasteiger partial charge in [-0.15, -0.1) is 0 Å². The number of rotatable bonds is 2. The number of likely N-dealkylation sites (N-methyl/N-ethyl adjacent to an activating group) is 1. The van der Waals surface area contributed by atoms with Crippen LogP contribution in [-0.4, -0.2) is 73.4 Å². The molecule has 2 N–H and O–H groups in total. The maximum atomic E-state index is 9.41. The summed E-state index contributed by atoms with van der Waals surface area (Å²) in [6.45, 7) is 6.38. The molecule has 4 heteroatoms. The lowest BCUT2D eigenvalue weighted by Gasteiger charge is -2.33. The van der Waals surface area contributed by atoms with Crippen molar-refractivity contribution in [3.8, 4) is 0 Å². The minimum absolute atomic E-state index is 0.0867. The highest BCUT2D eigenvalue weighted by atomic mass is 16.3. The van der Waals surface area contributed by atoms with E-state index >= 15 is 0 Å². The molecular weight excluding hydrogens is 178 g/mol. The van der Waals surface area contributed by atoms with Crippen molar-refractivity contribution in [2.75, 3.05) is 46.3 Å². The lowest BCUT2D eigenvalue weighted by atomic mass is 10.2. The van der Waals surface area contributed by atoms with Crippen molar-refractivity contribution >= 4 is 0 Å². The van der Waals surface area contributed by atoms with Gasteiger partial charge in [-0.2, -0.15) is 0 Å². The van der Waals surface area contributed by atoms with Crippen LogP contribution in [-0.2, 0) is 0 Å². The summed E-state index contributed by atoms with van der Waals surface area (Å²) in [5, 5.41) is 12.9. The summed E-state index contributed by atoms with van der Waals surface area (Å²) < 4.78 is 0. The van der Waals surface area contributed by atoms with Gasteiger partial charge >= 0.3 is 0 Å². The molecular formula is C10H21N3O. The monoisotopic (exact) mass is 199 g/mol. The van der Waals surface area contributed by atoms with Gasteiger partial charge in [-0.1, -0.05) is 0 Å². The van der Waals surface area contributed by atoms with Crippen LogP contribution in [0.4, 0.5) is 0 Å². The molecule has 2 fully saturated rings. The average Bonchev–Trinajstić information content (AvgIpc) is 2.51. The number of hydrogen-bond acceptors (Lipinski definition) is 4. The number of nitrogens with zero attached hydrogens (tertiary/aromatic N) is 2. The molecule has 1 unspecified atom stereocenters. The molecule has 2 rings (SSSR count). The van der Waals surface area contributed by atoms with Gasteiger partial charge < -0.3 is 15.3 Å². The van der Waals surface area contributed by atoms with E-state index < -0.39 is 0 Å². The Labute approximate surface area is 85.9 Å². The van der Waals surface area contributed by atoms with Crippen molar-refractivity contribution < 1.29 is 5.11 Å². The average molecular weight is 199 g/mol. The third-order valence-electron chi connectivity index (χ3n) is 3.18. The summed E-state index contributed by atoms with van der Waals surface area (Å²) in [6, 6.07) is 0.582. The van der Waals surface area contributed by atoms with Crippen LogP contribution < -0.4 is 5.32 Å². The molecule has 0 aromatic rings. The number of piperazine rings is 1. The molecule has 14 heavy (non-hydrogen) atoms. The van der Waals surface area contributed by atoms with Crippen LogP contribution in [0.3, 0.4) is 0 Å². The molecule has 2 aliphatic rings. The molecule has 0 spiro atoms. The van der Waals surface area contributed by atoms with Crippen molar-refractivity contribution in [3.63, 3.8) is 0 Å². The first-order valence-electron chi connectivity index (χ1n) is 5.56. The second-order valence-electron chi connectivity index (χ2n) is 4.62. The van der Waals surface area contributed by atoms with E-state index in [9.17, 15) is 5.11 Å². The van der Waals surface area contributed by atoms with Gasteiger partial charge in [0.15, 0.2) is 0 Å². The van der Waals surface area contributed by atoms with E-state index in [0.29, 0.717) is 6.04 Å². The van der Waals surface area contributed by atoms with Crippen LogP contribution >= 0.6 is 0 Å². The zero-order valence-electron chi connectivity index (χ0n) is 8.95. The van der Waals surface area contributed by atoms with Gasteiger partial charge in [-0.25, -0.2) is 0 Å². The Morgan fingerprint density at radius 3 is 2.86 bits per heavy atom. The van der Waals surface area contributed by atoms with Crippen LogP contribution in [0.2, 0.25) is 0 Å². The lowest BCUT2D eigenvalue weighted by molar-refractivity contribution is 0.159. The van der Waals surface area contributed by atoms with E-state index in [2.05, 4.69) is 22.2 Å². The van der Waals surface area contributed by atoms with Crippen molar-refractivity contribution in [3.05, 3.63) is 0 Å². The molecule has 0 aromatic heterocycles. The normalized spacial score (nSPS) is 36.4. The van der Waals surface area contributed by atoms with Crippen LogP contribution in [0.1, 0.15) is 6.42 Å². The van der Waals surface area contributed by atoms with Crippen molar-refractivity contribution in [1.29, 1.82) is 0 Å². The van der Waals surface area contributed by atoms with E-state index in [1.807, 2.05) is 0 Å². The quantitative estimate of drug-likeness (QED) is 0.596. The molecule has 0 radical (unpaired) electrons. The Kier molecular flexibility index (Phi) is 3.38. The Bertz CT molecular complexity index is 188. The van der Waals surface area contributed by atoms with Gasteiger partial charge in [0.05, 0.1) is 6.10 Å². The molecule has 2 atom stereocenters. The standard InChI is InChI=1S/C10H21N3O/c1-12-5-3-11-9(6-12)7-13-4-2-10(14)8-13/h9-11,14H,2-8H2,1H3/t9?,10-/m0/s1. The van der Waals surface area contributed by atoms with E-state index in [1.54, 1.807) is 0 Å². The van der Waals surface area contributed by atoms with Gasteiger partial charge in [0.25, 0.3) is 0 Å². The zero-order chi connectivity index (χ0) is 9.97. The molecule has 0 amide bonds. The van der Waals surface area contributed by atoms with E-state index in [1.165, 1.54) is 0 Å². The molecule has 0 aromatic carbocycles. The number of likely N-dealkylation sites (tertiary alicyclic amines) is 1. The Hall–Kier alpha value is -0.160. The highest BCUT2D eigenvalue weighted by Gasteiger charge is 2.24. The number of aliphatic hydroxyl groups is 1. The second kappa shape index (κ2) is 4.57. The second-order valence-corrected chi connectivity index (χ2v) is 4.62. The van der Waals surface area contributed by atoms with Crippen molar-refractivity contribution in [2.24, 2.45) is 0 Å². The first-order valence-corrected chi connectivity index (χ1v) is 5.56. The molecule has 2 heterocycles.